The van der Waals surface area contributed by atoms with Gasteiger partial charge in [-0.05, 0) is 44.0 Å². The van der Waals surface area contributed by atoms with E-state index in [1.54, 1.807) is 11.8 Å². The maximum atomic E-state index is 12.2. The van der Waals surface area contributed by atoms with Gasteiger partial charge in [0.1, 0.15) is 0 Å². The summed E-state index contributed by atoms with van der Waals surface area (Å²) in [5, 5.41) is 18.6. The lowest BCUT2D eigenvalue weighted by molar-refractivity contribution is -0.00204. The molecule has 0 atom stereocenters. The maximum absolute atomic E-state index is 12.2. The summed E-state index contributed by atoms with van der Waals surface area (Å²) in [5.41, 5.74) is -0.0473. The van der Waals surface area contributed by atoms with Crippen molar-refractivity contribution in [1.29, 1.82) is 0 Å². The first-order chi connectivity index (χ1) is 8.89. The number of carbonyl (C=O) groups excluding carboxylic acids is 1. The van der Waals surface area contributed by atoms with E-state index in [-0.39, 0.29) is 11.5 Å². The Labute approximate surface area is 111 Å². The van der Waals surface area contributed by atoms with Gasteiger partial charge in [-0.3, -0.25) is 4.79 Å². The number of carbonyl (C=O) groups is 2. The van der Waals surface area contributed by atoms with Crippen molar-refractivity contribution in [3.63, 3.8) is 0 Å². The molecule has 2 rings (SSSR count). The van der Waals surface area contributed by atoms with Gasteiger partial charge in [-0.2, -0.15) is 0 Å². The second-order valence-corrected chi connectivity index (χ2v) is 5.17. The molecule has 0 radical (unpaired) electrons. The second kappa shape index (κ2) is 5.01. The highest BCUT2D eigenvalue weighted by atomic mass is 16.4. The van der Waals surface area contributed by atoms with Crippen molar-refractivity contribution in [2.45, 2.75) is 25.4 Å². The van der Waals surface area contributed by atoms with Gasteiger partial charge in [-0.25, -0.2) is 4.79 Å². The number of carboxylic acids is 1. The molecule has 0 aromatic heterocycles. The highest BCUT2D eigenvalue weighted by Crippen LogP contribution is 2.22. The van der Waals surface area contributed by atoms with Gasteiger partial charge in [0, 0.05) is 18.7 Å². The molecule has 1 aliphatic rings. The number of benzene rings is 1. The molecule has 1 aromatic rings. The third-order valence-corrected chi connectivity index (χ3v) is 3.51. The van der Waals surface area contributed by atoms with Crippen molar-refractivity contribution in [3.8, 4) is 0 Å². The monoisotopic (exact) mass is 263 g/mol. The van der Waals surface area contributed by atoms with Gasteiger partial charge in [0.2, 0.25) is 0 Å². The fourth-order valence-electron chi connectivity index (χ4n) is 2.13. The average Bonchev–Trinajstić information content (AvgIpc) is 2.38. The molecule has 1 heterocycles. The van der Waals surface area contributed by atoms with Crippen molar-refractivity contribution in [2.24, 2.45) is 0 Å². The maximum Gasteiger partial charge on any atom is 0.335 e. The number of aromatic carboxylic acids is 1. The number of piperidine rings is 1. The molecular formula is C14H17NO4. The molecule has 0 bridgehead atoms. The van der Waals surface area contributed by atoms with Crippen molar-refractivity contribution in [3.05, 3.63) is 35.4 Å². The molecule has 0 unspecified atom stereocenters. The van der Waals surface area contributed by atoms with Gasteiger partial charge in [0.15, 0.2) is 0 Å². The molecule has 19 heavy (non-hydrogen) atoms. The van der Waals surface area contributed by atoms with E-state index in [0.717, 1.165) is 0 Å². The van der Waals surface area contributed by atoms with E-state index in [9.17, 15) is 14.7 Å². The van der Waals surface area contributed by atoms with Crippen molar-refractivity contribution in [2.75, 3.05) is 13.1 Å². The molecule has 5 nitrogen and oxygen atoms in total. The van der Waals surface area contributed by atoms with E-state index in [2.05, 4.69) is 0 Å². The van der Waals surface area contributed by atoms with Crippen LogP contribution in [0, 0.1) is 0 Å². The van der Waals surface area contributed by atoms with Crippen LogP contribution in [0.2, 0.25) is 0 Å². The Bertz CT molecular complexity index is 483. The molecule has 0 aliphatic carbocycles. The number of aliphatic hydroxyl groups is 1. The van der Waals surface area contributed by atoms with Crippen molar-refractivity contribution in [1.82, 2.24) is 4.90 Å². The summed E-state index contributed by atoms with van der Waals surface area (Å²) in [6, 6.07) is 5.91. The van der Waals surface area contributed by atoms with Crippen LogP contribution in [0.15, 0.2) is 24.3 Å². The second-order valence-electron chi connectivity index (χ2n) is 5.17. The summed E-state index contributed by atoms with van der Waals surface area (Å²) in [4.78, 5) is 24.6. The molecule has 1 saturated heterocycles. The number of amides is 1. The largest absolute Gasteiger partial charge is 0.478 e. The quantitative estimate of drug-likeness (QED) is 0.844. The number of rotatable bonds is 2. The Hall–Kier alpha value is -1.88. The van der Waals surface area contributed by atoms with Crippen LogP contribution in [0.3, 0.4) is 0 Å². The zero-order valence-corrected chi connectivity index (χ0v) is 10.8. The predicted molar refractivity (Wildman–Crippen MR) is 69.2 cm³/mol. The number of carboxylic acid groups (broad SMARTS) is 1. The van der Waals surface area contributed by atoms with Gasteiger partial charge in [-0.15, -0.1) is 0 Å². The molecule has 1 aliphatic heterocycles. The number of nitrogens with zero attached hydrogens (tertiary/aromatic N) is 1. The third kappa shape index (κ3) is 3.12. The molecule has 1 aromatic carbocycles. The Balaban J connectivity index is 2.06. The van der Waals surface area contributed by atoms with E-state index >= 15 is 0 Å². The first kappa shape index (κ1) is 13.5. The van der Waals surface area contributed by atoms with Gasteiger partial charge >= 0.3 is 5.97 Å². The topological polar surface area (TPSA) is 77.8 Å². The normalized spacial score (nSPS) is 18.1. The van der Waals surface area contributed by atoms with Gasteiger partial charge in [-0.1, -0.05) is 0 Å². The fraction of sp³-hybridized carbons (Fsp3) is 0.429. The van der Waals surface area contributed by atoms with Crippen molar-refractivity contribution >= 4 is 11.9 Å². The standard InChI is InChI=1S/C14H17NO4/c1-14(19)6-8-15(9-7-14)12(16)10-2-4-11(5-3-10)13(17)18/h2-5,19H,6-9H2,1H3,(H,17,18). The number of hydrogen-bond acceptors (Lipinski definition) is 3. The molecule has 5 heteroatoms. The summed E-state index contributed by atoms with van der Waals surface area (Å²) in [7, 11) is 0. The molecule has 1 fully saturated rings. The lowest BCUT2D eigenvalue weighted by atomic mass is 9.93. The van der Waals surface area contributed by atoms with E-state index < -0.39 is 11.6 Å². The van der Waals surface area contributed by atoms with Crippen LogP contribution in [-0.4, -0.2) is 45.7 Å². The fourth-order valence-corrected chi connectivity index (χ4v) is 2.13. The molecule has 0 spiro atoms. The summed E-state index contributed by atoms with van der Waals surface area (Å²) < 4.78 is 0. The summed E-state index contributed by atoms with van der Waals surface area (Å²) in [5.74, 6) is -1.12. The molecule has 102 valence electrons. The van der Waals surface area contributed by atoms with Crippen LogP contribution in [-0.2, 0) is 0 Å². The first-order valence-electron chi connectivity index (χ1n) is 6.24. The average molecular weight is 263 g/mol. The SMILES string of the molecule is CC1(O)CCN(C(=O)c2ccc(C(=O)O)cc2)CC1. The Kier molecular flexibility index (Phi) is 3.57. The zero-order valence-electron chi connectivity index (χ0n) is 10.8. The highest BCUT2D eigenvalue weighted by Gasteiger charge is 2.29. The van der Waals surface area contributed by atoms with Gasteiger partial charge in [0.25, 0.3) is 5.91 Å². The van der Waals surface area contributed by atoms with E-state index in [1.807, 2.05) is 0 Å². The molecule has 0 saturated carbocycles. The zero-order chi connectivity index (χ0) is 14.0. The molecule has 1 amide bonds. The third-order valence-electron chi connectivity index (χ3n) is 3.51. The Morgan fingerprint density at radius 3 is 2.05 bits per heavy atom. The van der Waals surface area contributed by atoms with Crippen LogP contribution in [0.5, 0.6) is 0 Å². The van der Waals surface area contributed by atoms with Gasteiger partial charge in [0.05, 0.1) is 11.2 Å². The number of likely N-dealkylation sites (tertiary alicyclic amines) is 1. The molecule has 2 N–H and O–H groups in total. The van der Waals surface area contributed by atoms with Crippen LogP contribution in [0.1, 0.15) is 40.5 Å². The minimum atomic E-state index is -1.01. The van der Waals surface area contributed by atoms with Crippen LogP contribution in [0.4, 0.5) is 0 Å². The molecular weight excluding hydrogens is 246 g/mol. The lowest BCUT2D eigenvalue weighted by Gasteiger charge is -2.35. The Morgan fingerprint density at radius 1 is 1.11 bits per heavy atom. The number of hydrogen-bond donors (Lipinski definition) is 2. The van der Waals surface area contributed by atoms with E-state index in [0.29, 0.717) is 31.5 Å². The summed E-state index contributed by atoms with van der Waals surface area (Å²) in [6.07, 6.45) is 1.12. The predicted octanol–water partition coefficient (Wildman–Crippen LogP) is 1.37. The van der Waals surface area contributed by atoms with Crippen LogP contribution < -0.4 is 0 Å². The van der Waals surface area contributed by atoms with E-state index in [1.165, 1.54) is 24.3 Å². The first-order valence-corrected chi connectivity index (χ1v) is 6.24. The minimum Gasteiger partial charge on any atom is -0.478 e. The highest BCUT2D eigenvalue weighted by molar-refractivity contribution is 5.95. The van der Waals surface area contributed by atoms with Crippen LogP contribution >= 0.6 is 0 Å². The van der Waals surface area contributed by atoms with Gasteiger partial charge < -0.3 is 15.1 Å². The van der Waals surface area contributed by atoms with E-state index in [4.69, 9.17) is 5.11 Å². The smallest absolute Gasteiger partial charge is 0.335 e. The van der Waals surface area contributed by atoms with Crippen molar-refractivity contribution < 1.29 is 19.8 Å². The van der Waals surface area contributed by atoms with Crippen LogP contribution in [0.25, 0.3) is 0 Å². The minimum absolute atomic E-state index is 0.118. The summed E-state index contributed by atoms with van der Waals surface area (Å²) in [6.45, 7) is 2.81. The Morgan fingerprint density at radius 2 is 1.58 bits per heavy atom. The lowest BCUT2D eigenvalue weighted by Crippen LogP contribution is -2.45. The summed E-state index contributed by atoms with van der Waals surface area (Å²) >= 11 is 0.